The molecule has 2 rings (SSSR count). The number of rotatable bonds is 4. The molecule has 0 saturated heterocycles. The Bertz CT molecular complexity index is 569. The van der Waals surface area contributed by atoms with Crippen LogP contribution >= 0.6 is 11.6 Å². The zero-order chi connectivity index (χ0) is 13.8. The van der Waals surface area contributed by atoms with Crippen molar-refractivity contribution in [2.24, 2.45) is 5.73 Å². The first kappa shape index (κ1) is 13.8. The SMILES string of the molecule is Cc1ccc(NC(CN)c2cnccc2C)cc1Cl. The standard InChI is InChI=1S/C15H18ClN3/c1-10-5-6-18-9-13(10)15(8-17)19-12-4-3-11(2)14(16)7-12/h3-7,9,15,19H,8,17H2,1-2H3. The fourth-order valence-corrected chi connectivity index (χ4v) is 2.17. The highest BCUT2D eigenvalue weighted by molar-refractivity contribution is 6.31. The van der Waals surface area contributed by atoms with Crippen molar-refractivity contribution in [2.75, 3.05) is 11.9 Å². The quantitative estimate of drug-likeness (QED) is 0.898. The summed E-state index contributed by atoms with van der Waals surface area (Å²) in [7, 11) is 0. The van der Waals surface area contributed by atoms with Crippen LogP contribution in [-0.4, -0.2) is 11.5 Å². The molecule has 0 aliphatic carbocycles. The van der Waals surface area contributed by atoms with E-state index in [1.165, 1.54) is 5.56 Å². The van der Waals surface area contributed by atoms with Crippen molar-refractivity contribution >= 4 is 17.3 Å². The summed E-state index contributed by atoms with van der Waals surface area (Å²) in [5.41, 5.74) is 10.2. The molecule has 0 saturated carbocycles. The van der Waals surface area contributed by atoms with Gasteiger partial charge in [0.05, 0.1) is 6.04 Å². The Morgan fingerprint density at radius 2 is 2.05 bits per heavy atom. The first-order valence-corrected chi connectivity index (χ1v) is 6.63. The summed E-state index contributed by atoms with van der Waals surface area (Å²) < 4.78 is 0. The van der Waals surface area contributed by atoms with Crippen molar-refractivity contribution in [3.05, 3.63) is 58.4 Å². The minimum absolute atomic E-state index is 0.0347. The van der Waals surface area contributed by atoms with Gasteiger partial charge in [0.1, 0.15) is 0 Å². The molecule has 3 nitrogen and oxygen atoms in total. The van der Waals surface area contributed by atoms with Gasteiger partial charge in [-0.3, -0.25) is 4.98 Å². The second kappa shape index (κ2) is 6.04. The second-order valence-corrected chi connectivity index (χ2v) is 5.04. The van der Waals surface area contributed by atoms with Crippen LogP contribution in [0.4, 0.5) is 5.69 Å². The minimum atomic E-state index is 0.0347. The Morgan fingerprint density at radius 1 is 1.26 bits per heavy atom. The van der Waals surface area contributed by atoms with Crippen molar-refractivity contribution in [1.29, 1.82) is 0 Å². The molecule has 1 heterocycles. The summed E-state index contributed by atoms with van der Waals surface area (Å²) in [5.74, 6) is 0. The van der Waals surface area contributed by atoms with E-state index in [0.717, 1.165) is 21.8 Å². The lowest BCUT2D eigenvalue weighted by atomic mass is 10.0. The Balaban J connectivity index is 2.24. The van der Waals surface area contributed by atoms with Crippen LogP contribution in [0, 0.1) is 13.8 Å². The van der Waals surface area contributed by atoms with Crippen LogP contribution < -0.4 is 11.1 Å². The molecule has 1 aromatic carbocycles. The minimum Gasteiger partial charge on any atom is -0.377 e. The summed E-state index contributed by atoms with van der Waals surface area (Å²) in [5, 5.41) is 4.16. The van der Waals surface area contributed by atoms with Gasteiger partial charge in [0.2, 0.25) is 0 Å². The molecule has 1 unspecified atom stereocenters. The lowest BCUT2D eigenvalue weighted by Crippen LogP contribution is -2.21. The lowest BCUT2D eigenvalue weighted by molar-refractivity contribution is 0.778. The average molecular weight is 276 g/mol. The van der Waals surface area contributed by atoms with Crippen LogP contribution in [-0.2, 0) is 0 Å². The number of aromatic nitrogens is 1. The maximum absolute atomic E-state index is 6.13. The third kappa shape index (κ3) is 3.25. The lowest BCUT2D eigenvalue weighted by Gasteiger charge is -2.20. The molecule has 100 valence electrons. The molecular formula is C15H18ClN3. The fraction of sp³-hybridized carbons (Fsp3) is 0.267. The molecule has 1 atom stereocenters. The van der Waals surface area contributed by atoms with Gasteiger partial charge in [-0.1, -0.05) is 17.7 Å². The van der Waals surface area contributed by atoms with Gasteiger partial charge >= 0.3 is 0 Å². The smallest absolute Gasteiger partial charge is 0.0653 e. The van der Waals surface area contributed by atoms with Gasteiger partial charge in [0, 0.05) is 29.6 Å². The summed E-state index contributed by atoms with van der Waals surface area (Å²) >= 11 is 6.13. The number of pyridine rings is 1. The summed E-state index contributed by atoms with van der Waals surface area (Å²) in [6, 6.07) is 7.95. The van der Waals surface area contributed by atoms with Crippen molar-refractivity contribution in [2.45, 2.75) is 19.9 Å². The Kier molecular flexibility index (Phi) is 4.40. The number of halogens is 1. The van der Waals surface area contributed by atoms with Crippen molar-refractivity contribution in [3.8, 4) is 0 Å². The summed E-state index contributed by atoms with van der Waals surface area (Å²) in [4.78, 5) is 4.17. The Labute approximate surface area is 118 Å². The summed E-state index contributed by atoms with van der Waals surface area (Å²) in [6.07, 6.45) is 3.64. The monoisotopic (exact) mass is 275 g/mol. The third-order valence-corrected chi connectivity index (χ3v) is 3.61. The van der Waals surface area contributed by atoms with E-state index in [1.807, 2.05) is 37.4 Å². The molecule has 0 aliphatic rings. The van der Waals surface area contributed by atoms with E-state index in [0.29, 0.717) is 6.54 Å². The van der Waals surface area contributed by atoms with Crippen molar-refractivity contribution in [3.63, 3.8) is 0 Å². The zero-order valence-electron chi connectivity index (χ0n) is 11.2. The molecule has 19 heavy (non-hydrogen) atoms. The van der Waals surface area contributed by atoms with E-state index in [9.17, 15) is 0 Å². The van der Waals surface area contributed by atoms with Gasteiger partial charge in [-0.2, -0.15) is 0 Å². The van der Waals surface area contributed by atoms with Crippen LogP contribution in [0.2, 0.25) is 5.02 Å². The first-order valence-electron chi connectivity index (χ1n) is 6.25. The van der Waals surface area contributed by atoms with Gasteiger partial charge < -0.3 is 11.1 Å². The number of nitrogens with zero attached hydrogens (tertiary/aromatic N) is 1. The molecule has 3 N–H and O–H groups in total. The number of nitrogens with one attached hydrogen (secondary N) is 1. The first-order chi connectivity index (χ1) is 9.11. The highest BCUT2D eigenvalue weighted by Gasteiger charge is 2.12. The van der Waals surface area contributed by atoms with Gasteiger partial charge in [0.25, 0.3) is 0 Å². The van der Waals surface area contributed by atoms with Crippen LogP contribution in [0.25, 0.3) is 0 Å². The molecule has 0 spiro atoms. The highest BCUT2D eigenvalue weighted by atomic mass is 35.5. The number of aryl methyl sites for hydroxylation is 2. The second-order valence-electron chi connectivity index (χ2n) is 4.63. The van der Waals surface area contributed by atoms with Crippen LogP contribution in [0.5, 0.6) is 0 Å². The van der Waals surface area contributed by atoms with Gasteiger partial charge in [0.15, 0.2) is 0 Å². The molecule has 2 aromatic rings. The average Bonchev–Trinajstić information content (AvgIpc) is 2.41. The molecule has 1 aromatic heterocycles. The highest BCUT2D eigenvalue weighted by Crippen LogP contribution is 2.24. The maximum Gasteiger partial charge on any atom is 0.0653 e. The molecule has 0 amide bonds. The zero-order valence-corrected chi connectivity index (χ0v) is 11.9. The van der Waals surface area contributed by atoms with Crippen LogP contribution in [0.1, 0.15) is 22.7 Å². The number of nitrogens with two attached hydrogens (primary N) is 1. The largest absolute Gasteiger partial charge is 0.377 e. The Hall–Kier alpha value is -1.58. The number of hydrogen-bond acceptors (Lipinski definition) is 3. The number of benzene rings is 1. The van der Waals surface area contributed by atoms with Crippen LogP contribution in [0.3, 0.4) is 0 Å². The van der Waals surface area contributed by atoms with Crippen LogP contribution in [0.15, 0.2) is 36.7 Å². The molecule has 4 heteroatoms. The fourth-order valence-electron chi connectivity index (χ4n) is 1.99. The topological polar surface area (TPSA) is 50.9 Å². The van der Waals surface area contributed by atoms with Gasteiger partial charge in [-0.15, -0.1) is 0 Å². The third-order valence-electron chi connectivity index (χ3n) is 3.20. The maximum atomic E-state index is 6.13. The van der Waals surface area contributed by atoms with E-state index in [4.69, 9.17) is 17.3 Å². The Morgan fingerprint density at radius 3 is 2.68 bits per heavy atom. The van der Waals surface area contributed by atoms with Crippen molar-refractivity contribution < 1.29 is 0 Å². The van der Waals surface area contributed by atoms with Gasteiger partial charge in [-0.25, -0.2) is 0 Å². The molecule has 0 aliphatic heterocycles. The van der Waals surface area contributed by atoms with Crippen molar-refractivity contribution in [1.82, 2.24) is 4.98 Å². The molecule has 0 radical (unpaired) electrons. The van der Waals surface area contributed by atoms with E-state index < -0.39 is 0 Å². The number of hydrogen-bond donors (Lipinski definition) is 2. The molecule has 0 fully saturated rings. The molecular weight excluding hydrogens is 258 g/mol. The van der Waals surface area contributed by atoms with E-state index in [2.05, 4.69) is 17.2 Å². The normalized spacial score (nSPS) is 12.2. The predicted molar refractivity (Wildman–Crippen MR) is 80.6 cm³/mol. The van der Waals surface area contributed by atoms with E-state index >= 15 is 0 Å². The van der Waals surface area contributed by atoms with E-state index in [1.54, 1.807) is 6.20 Å². The summed E-state index contributed by atoms with van der Waals surface area (Å²) in [6.45, 7) is 4.54. The number of anilines is 1. The van der Waals surface area contributed by atoms with Gasteiger partial charge in [-0.05, 0) is 48.7 Å². The van der Waals surface area contributed by atoms with E-state index in [-0.39, 0.29) is 6.04 Å². The molecule has 0 bridgehead atoms. The predicted octanol–water partition coefficient (Wildman–Crippen LogP) is 3.46.